The average molecular weight is 548 g/mol. The zero-order chi connectivity index (χ0) is 28.6. The number of halogens is 7. The number of carboxylic acids is 1. The summed E-state index contributed by atoms with van der Waals surface area (Å²) in [6.07, 6.45) is -9.84. The lowest BCUT2D eigenvalue weighted by atomic mass is 9.78. The number of amides is 1. The zero-order valence-corrected chi connectivity index (χ0v) is 20.8. The number of nitrogens with zero attached hydrogens (tertiary/aromatic N) is 2. The molecule has 12 heteroatoms. The second-order valence-electron chi connectivity index (χ2n) is 9.62. The van der Waals surface area contributed by atoms with E-state index in [0.717, 1.165) is 4.90 Å². The number of likely N-dealkylation sites (tertiary alicyclic amines) is 1. The van der Waals surface area contributed by atoms with Crippen LogP contribution in [0.4, 0.5) is 30.7 Å². The molecule has 0 saturated carbocycles. The summed E-state index contributed by atoms with van der Waals surface area (Å²) in [5.41, 5.74) is -2.14. The Morgan fingerprint density at radius 2 is 1.63 bits per heavy atom. The van der Waals surface area contributed by atoms with Gasteiger partial charge in [0.15, 0.2) is 0 Å². The Kier molecular flexibility index (Phi) is 8.45. The summed E-state index contributed by atoms with van der Waals surface area (Å²) < 4.78 is 93.4. The number of carbonyl (C=O) groups excluding carboxylic acids is 1. The lowest BCUT2D eigenvalue weighted by molar-refractivity contribution is -0.145. The van der Waals surface area contributed by atoms with E-state index >= 15 is 0 Å². The summed E-state index contributed by atoms with van der Waals surface area (Å²) in [5.74, 6) is -3.41. The topological polar surface area (TPSA) is 60.9 Å². The SMILES string of the molecule is Cc1cc(F)ccc1C1CN(C(C)C(=O)O)CCC1C(=O)N(C)Cc1cc(C(F)(F)F)cc(C(F)(F)F)c1. The first kappa shape index (κ1) is 29.4. The van der Waals surface area contributed by atoms with E-state index in [9.17, 15) is 45.4 Å². The standard InChI is InChI=1S/C26H27F7N2O3/c1-14-8-19(27)4-5-20(14)22-13-35(15(2)24(37)38)7-6-21(22)23(36)34(3)12-16-9-17(25(28,29)30)11-18(10-16)26(31,32)33/h4-5,8-11,15,21-22H,6-7,12-13H2,1-3H3,(H,37,38). The summed E-state index contributed by atoms with van der Waals surface area (Å²) in [6, 6.07) is 4.33. The van der Waals surface area contributed by atoms with E-state index in [2.05, 4.69) is 0 Å². The monoisotopic (exact) mass is 548 g/mol. The van der Waals surface area contributed by atoms with Gasteiger partial charge in [0, 0.05) is 32.0 Å². The maximum atomic E-state index is 13.8. The van der Waals surface area contributed by atoms with Crippen LogP contribution in [0.25, 0.3) is 0 Å². The molecule has 0 aliphatic carbocycles. The minimum Gasteiger partial charge on any atom is -0.480 e. The number of benzene rings is 2. The van der Waals surface area contributed by atoms with Crippen molar-refractivity contribution in [1.29, 1.82) is 0 Å². The number of hydrogen-bond donors (Lipinski definition) is 1. The molecule has 5 nitrogen and oxygen atoms in total. The number of rotatable bonds is 6. The molecule has 38 heavy (non-hydrogen) atoms. The molecule has 0 spiro atoms. The molecule has 3 unspecified atom stereocenters. The molecule has 3 atom stereocenters. The number of hydrogen-bond acceptors (Lipinski definition) is 3. The Labute approximate surface area is 214 Å². The van der Waals surface area contributed by atoms with E-state index in [1.807, 2.05) is 0 Å². The van der Waals surface area contributed by atoms with E-state index < -0.39 is 65.6 Å². The van der Waals surface area contributed by atoms with Crippen LogP contribution in [-0.2, 0) is 28.5 Å². The lowest BCUT2D eigenvalue weighted by Gasteiger charge is -2.41. The minimum absolute atomic E-state index is 0.0258. The van der Waals surface area contributed by atoms with Crippen molar-refractivity contribution in [2.75, 3.05) is 20.1 Å². The van der Waals surface area contributed by atoms with Crippen LogP contribution in [0, 0.1) is 18.7 Å². The predicted molar refractivity (Wildman–Crippen MR) is 124 cm³/mol. The fourth-order valence-corrected chi connectivity index (χ4v) is 4.90. The van der Waals surface area contributed by atoms with E-state index in [-0.39, 0.29) is 31.1 Å². The largest absolute Gasteiger partial charge is 0.480 e. The van der Waals surface area contributed by atoms with Gasteiger partial charge in [0.2, 0.25) is 5.91 Å². The molecule has 2 aromatic carbocycles. The van der Waals surface area contributed by atoms with Gasteiger partial charge >= 0.3 is 18.3 Å². The first-order valence-corrected chi connectivity index (χ1v) is 11.7. The van der Waals surface area contributed by atoms with Crippen molar-refractivity contribution < 1.29 is 45.4 Å². The van der Waals surface area contributed by atoms with Gasteiger partial charge in [-0.25, -0.2) is 4.39 Å². The van der Waals surface area contributed by atoms with Crippen LogP contribution in [0.5, 0.6) is 0 Å². The minimum atomic E-state index is -5.02. The van der Waals surface area contributed by atoms with E-state index in [0.29, 0.717) is 23.3 Å². The smallest absolute Gasteiger partial charge is 0.416 e. The van der Waals surface area contributed by atoms with Crippen molar-refractivity contribution in [3.05, 3.63) is 70.0 Å². The molecule has 0 bridgehead atoms. The molecule has 208 valence electrons. The second-order valence-corrected chi connectivity index (χ2v) is 9.62. The highest BCUT2D eigenvalue weighted by Crippen LogP contribution is 2.38. The normalized spacial score (nSPS) is 19.7. The molecule has 1 heterocycles. The van der Waals surface area contributed by atoms with Gasteiger partial charge in [0.25, 0.3) is 0 Å². The van der Waals surface area contributed by atoms with Crippen LogP contribution in [-0.4, -0.2) is 53.0 Å². The van der Waals surface area contributed by atoms with Crippen LogP contribution in [0.15, 0.2) is 36.4 Å². The first-order valence-electron chi connectivity index (χ1n) is 11.7. The average Bonchev–Trinajstić information content (AvgIpc) is 2.81. The molecular weight excluding hydrogens is 521 g/mol. The highest BCUT2D eigenvalue weighted by Gasteiger charge is 2.40. The molecule has 2 aromatic rings. The van der Waals surface area contributed by atoms with Crippen molar-refractivity contribution in [2.45, 2.75) is 51.1 Å². The number of aliphatic carboxylic acids is 1. The fraction of sp³-hybridized carbons (Fsp3) is 0.462. The molecule has 1 fully saturated rings. The summed E-state index contributed by atoms with van der Waals surface area (Å²) in [7, 11) is 1.29. The van der Waals surface area contributed by atoms with Gasteiger partial charge in [-0.3, -0.25) is 14.5 Å². The molecule has 0 aromatic heterocycles. The summed E-state index contributed by atoms with van der Waals surface area (Å²) >= 11 is 0. The van der Waals surface area contributed by atoms with Gasteiger partial charge in [-0.05, 0) is 73.8 Å². The Morgan fingerprint density at radius 3 is 2.13 bits per heavy atom. The van der Waals surface area contributed by atoms with Crippen molar-refractivity contribution >= 4 is 11.9 Å². The van der Waals surface area contributed by atoms with Crippen LogP contribution in [0.2, 0.25) is 0 Å². The highest BCUT2D eigenvalue weighted by molar-refractivity contribution is 5.80. The summed E-state index contributed by atoms with van der Waals surface area (Å²) in [4.78, 5) is 27.8. The maximum Gasteiger partial charge on any atom is 0.416 e. The number of alkyl halides is 6. The Morgan fingerprint density at radius 1 is 1.05 bits per heavy atom. The molecule has 1 N–H and O–H groups in total. The van der Waals surface area contributed by atoms with Crippen LogP contribution in [0.1, 0.15) is 47.1 Å². The van der Waals surface area contributed by atoms with Gasteiger partial charge in [-0.2, -0.15) is 26.3 Å². The fourth-order valence-electron chi connectivity index (χ4n) is 4.90. The van der Waals surface area contributed by atoms with Gasteiger partial charge in [0.05, 0.1) is 11.1 Å². The molecular formula is C26H27F7N2O3. The number of carbonyl (C=O) groups is 2. The summed E-state index contributed by atoms with van der Waals surface area (Å²) in [5, 5.41) is 9.44. The third-order valence-electron chi connectivity index (χ3n) is 6.94. The van der Waals surface area contributed by atoms with E-state index in [1.165, 1.54) is 32.2 Å². The summed E-state index contributed by atoms with van der Waals surface area (Å²) in [6.45, 7) is 3.01. The Balaban J connectivity index is 1.93. The number of aryl methyl sites for hydroxylation is 1. The van der Waals surface area contributed by atoms with Gasteiger partial charge in [-0.1, -0.05) is 6.07 Å². The van der Waals surface area contributed by atoms with Crippen molar-refractivity contribution in [1.82, 2.24) is 9.80 Å². The van der Waals surface area contributed by atoms with Crippen molar-refractivity contribution in [3.8, 4) is 0 Å². The van der Waals surface area contributed by atoms with Crippen LogP contribution < -0.4 is 0 Å². The quantitative estimate of drug-likeness (QED) is 0.470. The third-order valence-corrected chi connectivity index (χ3v) is 6.94. The molecule has 3 rings (SSSR count). The third kappa shape index (κ3) is 6.64. The first-order chi connectivity index (χ1) is 17.5. The number of piperidine rings is 1. The van der Waals surface area contributed by atoms with Gasteiger partial charge in [-0.15, -0.1) is 0 Å². The Hall–Kier alpha value is -3.15. The molecule has 1 amide bonds. The van der Waals surface area contributed by atoms with E-state index in [1.54, 1.807) is 11.8 Å². The number of carboxylic acid groups (broad SMARTS) is 1. The van der Waals surface area contributed by atoms with Gasteiger partial charge in [0.1, 0.15) is 11.9 Å². The molecule has 1 aliphatic heterocycles. The highest BCUT2D eigenvalue weighted by atomic mass is 19.4. The molecule has 0 radical (unpaired) electrons. The molecule has 1 aliphatic rings. The Bertz CT molecular complexity index is 1160. The maximum absolute atomic E-state index is 13.8. The predicted octanol–water partition coefficient (Wildman–Crippen LogP) is 5.71. The zero-order valence-electron chi connectivity index (χ0n) is 20.8. The van der Waals surface area contributed by atoms with Crippen LogP contribution in [0.3, 0.4) is 0 Å². The van der Waals surface area contributed by atoms with Crippen LogP contribution >= 0.6 is 0 Å². The van der Waals surface area contributed by atoms with Crippen molar-refractivity contribution in [3.63, 3.8) is 0 Å². The van der Waals surface area contributed by atoms with E-state index in [4.69, 9.17) is 0 Å². The lowest BCUT2D eigenvalue weighted by Crippen LogP contribution is -2.50. The molecule has 1 saturated heterocycles. The van der Waals surface area contributed by atoms with Crippen molar-refractivity contribution in [2.24, 2.45) is 5.92 Å². The second kappa shape index (κ2) is 10.9. The van der Waals surface area contributed by atoms with Gasteiger partial charge < -0.3 is 10.0 Å².